The van der Waals surface area contributed by atoms with E-state index in [-0.39, 0.29) is 67.1 Å². The van der Waals surface area contributed by atoms with Gasteiger partial charge in [-0.1, -0.05) is 0 Å². The van der Waals surface area contributed by atoms with Gasteiger partial charge in [0.2, 0.25) is 0 Å². The van der Waals surface area contributed by atoms with Crippen LogP contribution in [0.3, 0.4) is 0 Å². The van der Waals surface area contributed by atoms with Crippen molar-refractivity contribution in [3.05, 3.63) is 0 Å². The van der Waals surface area contributed by atoms with E-state index in [4.69, 9.17) is 0 Å². The zero-order chi connectivity index (χ0) is 3.41. The van der Waals surface area contributed by atoms with Gasteiger partial charge in [-0.3, -0.25) is 0 Å². The fourth-order valence-electron chi connectivity index (χ4n) is 0. The molecule has 0 aromatic carbocycles. The normalized spacial score (nSPS) is 3.50. The van der Waals surface area contributed by atoms with Crippen molar-refractivity contribution in [1.82, 2.24) is 0 Å². The number of rotatable bonds is 1. The first kappa shape index (κ1) is 29.6. The first-order chi connectivity index (χ1) is 1.91. The zero-order valence-corrected chi connectivity index (χ0v) is 12.8. The maximum Gasteiger partial charge on any atom is 0 e. The number of hydrogen-bond donors (Lipinski definition) is 0. The Bertz CT molecular complexity index is 18.0. The molecule has 0 saturated heterocycles. The van der Waals surface area contributed by atoms with Gasteiger partial charge in [0, 0.05) is 67.1 Å². The molecule has 0 aromatic heterocycles. The van der Waals surface area contributed by atoms with Crippen LogP contribution in [0.2, 0.25) is 0 Å². The minimum atomic E-state index is 0. The Morgan fingerprint density at radius 2 is 0.875 bits per heavy atom. The molecule has 60 valence electrons. The predicted molar refractivity (Wildman–Crippen MR) is 15.2 cm³/mol. The Hall–Kier alpha value is 4.10. The largest absolute Gasteiger partial charge is 0 e. The Balaban J connectivity index is -0.00000000750. The van der Waals surface area contributed by atoms with E-state index in [1.165, 1.54) is 0 Å². The summed E-state index contributed by atoms with van der Waals surface area (Å²) in [5, 5.41) is 0. The second kappa shape index (κ2) is 30.4. The Kier molecular flexibility index (Phi) is 112. The summed E-state index contributed by atoms with van der Waals surface area (Å²) >= 11 is 4.01. The standard InChI is InChI=1S/2Fe.2Mo.2Ni.S2/c;;;;;;1-2/q;;2*+1;;;-2. The van der Waals surface area contributed by atoms with Crippen LogP contribution in [0, 0.1) is 0 Å². The molecule has 0 saturated carbocycles. The van der Waals surface area contributed by atoms with Gasteiger partial charge in [-0.25, -0.2) is 0 Å². The molecule has 0 N–H and O–H groups in total. The third-order valence-electron chi connectivity index (χ3n) is 0.0278. The predicted octanol–water partition coefficient (Wildman–Crippen LogP) is 1.28. The fourth-order valence-corrected chi connectivity index (χ4v) is 0. The summed E-state index contributed by atoms with van der Waals surface area (Å²) in [6.07, 6.45) is 0. The van der Waals surface area contributed by atoms with Crippen molar-refractivity contribution in [3.63, 3.8) is 0 Å². The van der Waals surface area contributed by atoms with Gasteiger partial charge in [0.05, 0.1) is 0 Å². The second-order valence-corrected chi connectivity index (χ2v) is 7.25. The summed E-state index contributed by atoms with van der Waals surface area (Å²) in [5.74, 6) is 0. The molecule has 0 aromatic rings. The first-order valence-electron chi connectivity index (χ1n) is 0.500. The van der Waals surface area contributed by atoms with E-state index in [0.717, 1.165) is 0 Å². The molecule has 0 spiro atoms. The van der Waals surface area contributed by atoms with E-state index >= 15 is 0 Å². The van der Waals surface area contributed by atoms with Crippen molar-refractivity contribution in [2.24, 2.45) is 0 Å². The van der Waals surface area contributed by atoms with Crippen LogP contribution in [0.15, 0.2) is 0 Å². The fraction of sp³-hybridized carbons (Fsp3) is 0. The van der Waals surface area contributed by atoms with Crippen LogP contribution in [-0.2, 0) is 104 Å². The van der Waals surface area contributed by atoms with Crippen LogP contribution in [0.5, 0.6) is 0 Å². The molecule has 0 amide bonds. The molecule has 0 aliphatic carbocycles. The molecule has 0 fully saturated rings. The van der Waals surface area contributed by atoms with Crippen molar-refractivity contribution in [1.29, 1.82) is 0 Å². The van der Waals surface area contributed by atoms with Crippen LogP contribution in [0.25, 0.3) is 0 Å². The molecule has 0 heterocycles. The molecule has 0 unspecified atom stereocenters. The number of hydrogen-bond acceptors (Lipinski definition) is 2. The Morgan fingerprint density at radius 1 is 0.750 bits per heavy atom. The van der Waals surface area contributed by atoms with E-state index in [1.54, 1.807) is 17.0 Å². The molecule has 0 aliphatic rings. The SMILES string of the molecule is [Fe].[Fe].[Mo][S][S][Mo].[Ni].[Ni]. The molecule has 8 heteroatoms. The van der Waals surface area contributed by atoms with Gasteiger partial charge < -0.3 is 0 Å². The van der Waals surface area contributed by atoms with Gasteiger partial charge in [-0.05, 0) is 0 Å². The Morgan fingerprint density at radius 3 is 0.875 bits per heavy atom. The van der Waals surface area contributed by atoms with Crippen molar-refractivity contribution in [2.75, 3.05) is 0 Å². The molecular weight excluding hydrogens is 485 g/mol. The summed E-state index contributed by atoms with van der Waals surface area (Å²) in [5.41, 5.74) is 0. The monoisotopic (exact) mass is 487 g/mol. The zero-order valence-electron chi connectivity index (χ0n) is 2.97. The molecular formula is Fe2Mo2Ni2S2. The quantitative estimate of drug-likeness (QED) is 0.406. The van der Waals surface area contributed by atoms with Gasteiger partial charge >= 0.3 is 54.1 Å². The smallest absolute Gasteiger partial charge is 0 e. The van der Waals surface area contributed by atoms with E-state index in [0.29, 0.717) is 0 Å². The topological polar surface area (TPSA) is 0 Å². The maximum atomic E-state index is 2.01. The molecule has 8 heavy (non-hydrogen) atoms. The minimum absolute atomic E-state index is 0. The van der Waals surface area contributed by atoms with E-state index in [9.17, 15) is 0 Å². The van der Waals surface area contributed by atoms with Gasteiger partial charge in [0.1, 0.15) is 0 Å². The second-order valence-electron chi connectivity index (χ2n) is 0.136. The van der Waals surface area contributed by atoms with Gasteiger partial charge in [0.25, 0.3) is 0 Å². The molecule has 0 rings (SSSR count). The third-order valence-corrected chi connectivity index (χ3v) is 8.75. The maximum absolute atomic E-state index is 2.01. The van der Waals surface area contributed by atoms with E-state index in [2.05, 4.69) is 0 Å². The molecule has 0 bridgehead atoms. The van der Waals surface area contributed by atoms with Crippen molar-refractivity contribution < 1.29 is 104 Å². The van der Waals surface area contributed by atoms with Crippen LogP contribution in [0.1, 0.15) is 0 Å². The minimum Gasteiger partial charge on any atom is 0 e. The van der Waals surface area contributed by atoms with Gasteiger partial charge in [-0.2, -0.15) is 0 Å². The van der Waals surface area contributed by atoms with Crippen molar-refractivity contribution in [3.8, 4) is 0 Å². The molecule has 0 aliphatic heterocycles. The van der Waals surface area contributed by atoms with Crippen molar-refractivity contribution in [2.45, 2.75) is 0 Å². The van der Waals surface area contributed by atoms with E-state index in [1.807, 2.05) is 37.1 Å². The summed E-state index contributed by atoms with van der Waals surface area (Å²) in [7, 11) is 3.58. The summed E-state index contributed by atoms with van der Waals surface area (Å²) in [4.78, 5) is 0. The van der Waals surface area contributed by atoms with Crippen LogP contribution >= 0.6 is 17.0 Å². The Labute approximate surface area is 119 Å². The summed E-state index contributed by atoms with van der Waals surface area (Å²) in [6.45, 7) is 0. The summed E-state index contributed by atoms with van der Waals surface area (Å²) in [6, 6.07) is 0. The van der Waals surface area contributed by atoms with E-state index < -0.39 is 0 Å². The first-order valence-corrected chi connectivity index (χ1v) is 7.42. The van der Waals surface area contributed by atoms with Crippen molar-refractivity contribution >= 4 is 17.0 Å². The van der Waals surface area contributed by atoms with Gasteiger partial charge in [0.15, 0.2) is 0 Å². The van der Waals surface area contributed by atoms with Gasteiger partial charge in [-0.15, -0.1) is 0 Å². The average Bonchev–Trinajstić information content (AvgIpc) is 1.37. The van der Waals surface area contributed by atoms with Crippen LogP contribution in [0.4, 0.5) is 0 Å². The third kappa shape index (κ3) is 32.2. The van der Waals surface area contributed by atoms with Crippen LogP contribution in [-0.4, -0.2) is 0 Å². The average molecular weight is 485 g/mol. The molecule has 0 radical (unpaired) electrons. The summed E-state index contributed by atoms with van der Waals surface area (Å²) < 4.78 is 0. The van der Waals surface area contributed by atoms with Crippen LogP contribution < -0.4 is 0 Å². The molecule has 0 nitrogen and oxygen atoms in total. The molecule has 0 atom stereocenters.